The van der Waals surface area contributed by atoms with E-state index in [1.54, 1.807) is 18.3 Å². The van der Waals surface area contributed by atoms with E-state index in [-0.39, 0.29) is 18.3 Å². The minimum Gasteiger partial charge on any atom is -0.439 e. The molecule has 4 rings (SSSR count). The largest absolute Gasteiger partial charge is 0.439 e. The fourth-order valence-electron chi connectivity index (χ4n) is 3.02. The monoisotopic (exact) mass is 399 g/mol. The Kier molecular flexibility index (Phi) is 5.96. The second kappa shape index (κ2) is 8.41. The number of hydrogen-bond donors (Lipinski definition) is 3. The molecular weight excluding hydrogens is 378 g/mol. The molecule has 0 spiro atoms. The number of nitrogens with zero attached hydrogens (tertiary/aromatic N) is 2. The van der Waals surface area contributed by atoms with E-state index in [1.165, 1.54) is 5.56 Å². The van der Waals surface area contributed by atoms with Crippen LogP contribution in [0.1, 0.15) is 32.9 Å². The van der Waals surface area contributed by atoms with Gasteiger partial charge in [-0.25, -0.2) is 4.98 Å². The number of benzene rings is 1. The number of halogens is 1. The number of hydrogen-bond acceptors (Lipinski definition) is 5. The fourth-order valence-corrected chi connectivity index (χ4v) is 3.02. The molecule has 1 aromatic carbocycles. The molecule has 0 radical (unpaired) electrons. The SMILES string of the molecule is Cc1ccc(Oc2ccc(NC(=O)c3n[nH]c4c3CNCC4)cn2)cc1C.Cl. The number of rotatable bonds is 4. The number of anilines is 1. The molecule has 3 aromatic rings. The summed E-state index contributed by atoms with van der Waals surface area (Å²) >= 11 is 0. The highest BCUT2D eigenvalue weighted by Gasteiger charge is 2.21. The molecule has 0 aliphatic carbocycles. The molecule has 28 heavy (non-hydrogen) atoms. The highest BCUT2D eigenvalue weighted by Crippen LogP contribution is 2.23. The summed E-state index contributed by atoms with van der Waals surface area (Å²) in [5.41, 5.74) is 5.34. The van der Waals surface area contributed by atoms with Crippen LogP contribution in [0.5, 0.6) is 11.6 Å². The molecule has 0 unspecified atom stereocenters. The number of fused-ring (bicyclic) bond motifs is 1. The summed E-state index contributed by atoms with van der Waals surface area (Å²) in [5.74, 6) is 0.955. The van der Waals surface area contributed by atoms with Gasteiger partial charge >= 0.3 is 0 Å². The molecule has 7 nitrogen and oxygen atoms in total. The maximum Gasteiger partial charge on any atom is 0.276 e. The van der Waals surface area contributed by atoms with E-state index >= 15 is 0 Å². The van der Waals surface area contributed by atoms with Crippen LogP contribution in [-0.2, 0) is 13.0 Å². The quantitative estimate of drug-likeness (QED) is 0.624. The van der Waals surface area contributed by atoms with Crippen molar-refractivity contribution >= 4 is 24.0 Å². The molecule has 0 saturated heterocycles. The summed E-state index contributed by atoms with van der Waals surface area (Å²) < 4.78 is 5.77. The standard InChI is InChI=1S/C20H21N5O2.ClH/c1-12-3-5-15(9-13(12)2)27-18-6-4-14(10-22-18)23-20(26)19-16-11-21-8-7-17(16)24-25-19;/h3-6,9-10,21H,7-8,11H2,1-2H3,(H,23,26)(H,24,25);1H. The number of amides is 1. The van der Waals surface area contributed by atoms with Crippen LogP contribution in [0.4, 0.5) is 5.69 Å². The molecule has 0 bridgehead atoms. The summed E-state index contributed by atoms with van der Waals surface area (Å²) in [6.07, 6.45) is 2.42. The molecule has 0 atom stereocenters. The Morgan fingerprint density at radius 1 is 1.18 bits per heavy atom. The number of H-pyrrole nitrogens is 1. The van der Waals surface area contributed by atoms with Crippen molar-refractivity contribution in [2.24, 2.45) is 0 Å². The fraction of sp³-hybridized carbons (Fsp3) is 0.250. The smallest absolute Gasteiger partial charge is 0.276 e. The van der Waals surface area contributed by atoms with E-state index in [0.29, 0.717) is 23.8 Å². The average Bonchev–Trinajstić information content (AvgIpc) is 3.11. The first-order valence-electron chi connectivity index (χ1n) is 8.89. The van der Waals surface area contributed by atoms with Crippen molar-refractivity contribution in [1.82, 2.24) is 20.5 Å². The molecule has 0 saturated carbocycles. The lowest BCUT2D eigenvalue weighted by Crippen LogP contribution is -2.25. The van der Waals surface area contributed by atoms with Crippen LogP contribution >= 0.6 is 12.4 Å². The molecule has 3 N–H and O–H groups in total. The number of carbonyl (C=O) groups is 1. The van der Waals surface area contributed by atoms with Crippen LogP contribution in [-0.4, -0.2) is 27.6 Å². The lowest BCUT2D eigenvalue weighted by Gasteiger charge is -2.13. The summed E-state index contributed by atoms with van der Waals surface area (Å²) in [6, 6.07) is 9.39. The topological polar surface area (TPSA) is 91.9 Å². The Balaban J connectivity index is 0.00000225. The predicted molar refractivity (Wildman–Crippen MR) is 109 cm³/mol. The van der Waals surface area contributed by atoms with Gasteiger partial charge in [-0.2, -0.15) is 5.10 Å². The van der Waals surface area contributed by atoms with Gasteiger partial charge in [0, 0.05) is 36.8 Å². The van der Waals surface area contributed by atoms with Crippen molar-refractivity contribution in [3.63, 3.8) is 0 Å². The van der Waals surface area contributed by atoms with E-state index < -0.39 is 0 Å². The lowest BCUT2D eigenvalue weighted by atomic mass is 10.1. The first-order chi connectivity index (χ1) is 13.1. The van der Waals surface area contributed by atoms with Gasteiger partial charge in [-0.1, -0.05) is 6.07 Å². The minimum absolute atomic E-state index is 0. The van der Waals surface area contributed by atoms with Gasteiger partial charge in [-0.05, 0) is 43.2 Å². The third-order valence-electron chi connectivity index (χ3n) is 4.72. The van der Waals surface area contributed by atoms with E-state index in [9.17, 15) is 4.79 Å². The van der Waals surface area contributed by atoms with Crippen molar-refractivity contribution in [2.45, 2.75) is 26.8 Å². The first kappa shape index (κ1) is 19.9. The summed E-state index contributed by atoms with van der Waals surface area (Å²) in [6.45, 7) is 5.64. The molecule has 1 amide bonds. The zero-order valence-corrected chi connectivity index (χ0v) is 16.5. The van der Waals surface area contributed by atoms with Crippen LogP contribution in [0.3, 0.4) is 0 Å². The van der Waals surface area contributed by atoms with Crippen LogP contribution in [0.2, 0.25) is 0 Å². The van der Waals surface area contributed by atoms with Crippen LogP contribution < -0.4 is 15.4 Å². The van der Waals surface area contributed by atoms with Crippen LogP contribution in [0.15, 0.2) is 36.5 Å². The molecular formula is C20H22ClN5O2. The predicted octanol–water partition coefficient (Wildman–Crippen LogP) is 3.53. The Hall–Kier alpha value is -2.90. The Morgan fingerprint density at radius 2 is 2.04 bits per heavy atom. The Morgan fingerprint density at radius 3 is 2.79 bits per heavy atom. The Bertz CT molecular complexity index is 985. The van der Waals surface area contributed by atoms with Crippen molar-refractivity contribution in [3.8, 4) is 11.6 Å². The third-order valence-corrected chi connectivity index (χ3v) is 4.72. The zero-order chi connectivity index (χ0) is 18.8. The van der Waals surface area contributed by atoms with E-state index in [0.717, 1.165) is 35.5 Å². The number of nitrogens with one attached hydrogen (secondary N) is 3. The van der Waals surface area contributed by atoms with Gasteiger partial charge in [0.2, 0.25) is 5.88 Å². The van der Waals surface area contributed by atoms with Crippen LogP contribution in [0.25, 0.3) is 0 Å². The highest BCUT2D eigenvalue weighted by molar-refractivity contribution is 6.04. The van der Waals surface area contributed by atoms with E-state index in [2.05, 4.69) is 32.7 Å². The molecule has 1 aliphatic rings. The van der Waals surface area contributed by atoms with Gasteiger partial charge in [0.1, 0.15) is 5.75 Å². The summed E-state index contributed by atoms with van der Waals surface area (Å²) in [4.78, 5) is 16.8. The minimum atomic E-state index is -0.249. The zero-order valence-electron chi connectivity index (χ0n) is 15.7. The van der Waals surface area contributed by atoms with Gasteiger partial charge < -0.3 is 15.4 Å². The first-order valence-corrected chi connectivity index (χ1v) is 8.89. The number of aromatic nitrogens is 3. The molecule has 0 fully saturated rings. The van der Waals surface area contributed by atoms with Gasteiger partial charge in [-0.15, -0.1) is 12.4 Å². The third kappa shape index (κ3) is 4.16. The van der Waals surface area contributed by atoms with Crippen molar-refractivity contribution in [2.75, 3.05) is 11.9 Å². The number of ether oxygens (including phenoxy) is 1. The van der Waals surface area contributed by atoms with E-state index in [1.807, 2.05) is 25.1 Å². The number of aromatic amines is 1. The number of carbonyl (C=O) groups excluding carboxylic acids is 1. The van der Waals surface area contributed by atoms with Gasteiger partial charge in [0.15, 0.2) is 5.69 Å². The second-order valence-corrected chi connectivity index (χ2v) is 6.64. The van der Waals surface area contributed by atoms with Crippen molar-refractivity contribution < 1.29 is 9.53 Å². The van der Waals surface area contributed by atoms with E-state index in [4.69, 9.17) is 4.74 Å². The lowest BCUT2D eigenvalue weighted by molar-refractivity contribution is 0.102. The Labute approximate surface area is 169 Å². The molecule has 2 aromatic heterocycles. The summed E-state index contributed by atoms with van der Waals surface area (Å²) in [7, 11) is 0. The van der Waals surface area contributed by atoms with Gasteiger partial charge in [0.05, 0.1) is 11.9 Å². The van der Waals surface area contributed by atoms with Crippen molar-refractivity contribution in [3.05, 3.63) is 64.6 Å². The second-order valence-electron chi connectivity index (χ2n) is 6.64. The normalized spacial score (nSPS) is 12.6. The van der Waals surface area contributed by atoms with Gasteiger partial charge in [-0.3, -0.25) is 9.89 Å². The maximum atomic E-state index is 12.5. The molecule has 1 aliphatic heterocycles. The number of pyridine rings is 1. The molecule has 3 heterocycles. The number of aryl methyl sites for hydroxylation is 2. The van der Waals surface area contributed by atoms with Gasteiger partial charge in [0.25, 0.3) is 5.91 Å². The average molecular weight is 400 g/mol. The molecule has 8 heteroatoms. The summed E-state index contributed by atoms with van der Waals surface area (Å²) in [5, 5.41) is 13.2. The molecule has 146 valence electrons. The highest BCUT2D eigenvalue weighted by atomic mass is 35.5. The van der Waals surface area contributed by atoms with Crippen molar-refractivity contribution in [1.29, 1.82) is 0 Å². The maximum absolute atomic E-state index is 12.5. The van der Waals surface area contributed by atoms with Crippen LogP contribution in [0, 0.1) is 13.8 Å².